The summed E-state index contributed by atoms with van der Waals surface area (Å²) >= 11 is 0. The third kappa shape index (κ3) is 35.8. The molecular weight excluding hydrogens is 679 g/mol. The van der Waals surface area contributed by atoms with E-state index in [1.165, 1.54) is 128 Å². The maximum atomic E-state index is 12.7. The predicted molar refractivity (Wildman–Crippen MR) is 225 cm³/mol. The molecule has 8 nitrogen and oxygen atoms in total. The van der Waals surface area contributed by atoms with Gasteiger partial charge in [-0.2, -0.15) is 0 Å². The number of unbranched alkanes of at least 4 members (excludes halogenated alkanes) is 25. The van der Waals surface area contributed by atoms with E-state index >= 15 is 0 Å². The molecule has 0 spiro atoms. The van der Waals surface area contributed by atoms with Gasteiger partial charge in [0.05, 0.1) is 34.4 Å². The molecule has 1 N–H and O–H groups in total. The lowest BCUT2D eigenvalue weighted by molar-refractivity contribution is -0.887. The minimum Gasteiger partial charge on any atom is -0.477 e. The second-order valence-corrected chi connectivity index (χ2v) is 16.7. The number of carboxylic acid groups (broad SMARTS) is 1. The van der Waals surface area contributed by atoms with Crippen molar-refractivity contribution < 1.29 is 38.2 Å². The quantitative estimate of drug-likeness (QED) is 0.0286. The number of carboxylic acids is 1. The van der Waals surface area contributed by atoms with E-state index in [1.54, 1.807) is 0 Å². The monoisotopic (exact) mass is 767 g/mol. The molecule has 0 bridgehead atoms. The van der Waals surface area contributed by atoms with Crippen molar-refractivity contribution in [1.29, 1.82) is 0 Å². The fourth-order valence-corrected chi connectivity index (χ4v) is 6.85. The Morgan fingerprint density at radius 1 is 0.537 bits per heavy atom. The zero-order valence-corrected chi connectivity index (χ0v) is 36.2. The van der Waals surface area contributed by atoms with Crippen LogP contribution in [0.3, 0.4) is 0 Å². The van der Waals surface area contributed by atoms with Gasteiger partial charge in [-0.25, -0.2) is 4.79 Å². The van der Waals surface area contributed by atoms with Crippen LogP contribution >= 0.6 is 0 Å². The van der Waals surface area contributed by atoms with Crippen LogP contribution in [0.1, 0.15) is 213 Å². The van der Waals surface area contributed by atoms with Crippen molar-refractivity contribution >= 4 is 17.9 Å². The molecule has 0 saturated carbocycles. The van der Waals surface area contributed by atoms with Crippen molar-refractivity contribution in [1.82, 2.24) is 0 Å². The number of carbonyl (C=O) groups excluding carboxylic acids is 2. The van der Waals surface area contributed by atoms with Crippen LogP contribution < -0.4 is 0 Å². The first kappa shape index (κ1) is 52.1. The van der Waals surface area contributed by atoms with Crippen LogP contribution in [0.15, 0.2) is 12.2 Å². The number of ether oxygens (including phenoxy) is 3. The van der Waals surface area contributed by atoms with Crippen molar-refractivity contribution in [2.75, 3.05) is 41.0 Å². The Balaban J connectivity index is 4.28. The van der Waals surface area contributed by atoms with Crippen LogP contribution in [0.5, 0.6) is 0 Å². The molecule has 0 heterocycles. The summed E-state index contributed by atoms with van der Waals surface area (Å²) in [7, 11) is 5.53. The Morgan fingerprint density at radius 3 is 1.35 bits per heavy atom. The molecule has 318 valence electrons. The maximum Gasteiger partial charge on any atom is 0.362 e. The Morgan fingerprint density at radius 2 is 0.926 bits per heavy atom. The highest BCUT2D eigenvalue weighted by Gasteiger charge is 2.31. The fourth-order valence-electron chi connectivity index (χ4n) is 6.85. The average molecular weight is 767 g/mol. The number of hydrogen-bond acceptors (Lipinski definition) is 6. The lowest BCUT2D eigenvalue weighted by Crippen LogP contribution is -2.50. The minimum absolute atomic E-state index is 0.0483. The first-order valence-electron chi connectivity index (χ1n) is 22.7. The summed E-state index contributed by atoms with van der Waals surface area (Å²) in [4.78, 5) is 37.0. The molecule has 0 aromatic carbocycles. The number of allylic oxidation sites excluding steroid dienone is 2. The topological polar surface area (TPSA) is 99.1 Å². The normalized spacial score (nSPS) is 13.0. The molecule has 0 saturated heterocycles. The Kier molecular flexibility index (Phi) is 36.6. The van der Waals surface area contributed by atoms with Crippen LogP contribution in [0.2, 0.25) is 0 Å². The Labute approximate surface area is 333 Å². The van der Waals surface area contributed by atoms with Crippen LogP contribution in [-0.2, 0) is 28.6 Å². The molecule has 0 amide bonds. The second kappa shape index (κ2) is 38.0. The van der Waals surface area contributed by atoms with Gasteiger partial charge < -0.3 is 23.8 Å². The molecule has 54 heavy (non-hydrogen) atoms. The SMILES string of the molecule is CCCCCC/C=C\CCCCCCCC(=O)OC(COCCC(C(=O)O)[N+](C)(C)C)COC(=O)CCCCCCCCCCCCCCCCCCC. The van der Waals surface area contributed by atoms with Gasteiger partial charge in [0.2, 0.25) is 0 Å². The number of likely N-dealkylation sites (N-methyl/N-ethyl adjacent to an activating group) is 1. The van der Waals surface area contributed by atoms with Crippen LogP contribution in [0.25, 0.3) is 0 Å². The molecule has 0 aliphatic rings. The summed E-state index contributed by atoms with van der Waals surface area (Å²) < 4.78 is 17.3. The maximum absolute atomic E-state index is 12.7. The van der Waals surface area contributed by atoms with E-state index in [4.69, 9.17) is 14.2 Å². The van der Waals surface area contributed by atoms with E-state index in [0.29, 0.717) is 19.3 Å². The number of esters is 2. The van der Waals surface area contributed by atoms with Gasteiger partial charge in [0.25, 0.3) is 0 Å². The highest BCUT2D eigenvalue weighted by Crippen LogP contribution is 2.16. The summed E-state index contributed by atoms with van der Waals surface area (Å²) in [6, 6.07) is -0.611. The number of aliphatic carboxylic acids is 1. The van der Waals surface area contributed by atoms with E-state index < -0.39 is 18.1 Å². The highest BCUT2D eigenvalue weighted by molar-refractivity contribution is 5.72. The van der Waals surface area contributed by atoms with Gasteiger partial charge in [-0.3, -0.25) is 9.59 Å². The van der Waals surface area contributed by atoms with Gasteiger partial charge in [-0.05, 0) is 38.5 Å². The average Bonchev–Trinajstić information content (AvgIpc) is 3.12. The van der Waals surface area contributed by atoms with E-state index in [-0.39, 0.29) is 36.2 Å². The fraction of sp³-hybridized carbons (Fsp3) is 0.891. The van der Waals surface area contributed by atoms with Crippen molar-refractivity contribution in [2.24, 2.45) is 0 Å². The minimum atomic E-state index is -0.873. The number of nitrogens with zero attached hydrogens (tertiary/aromatic N) is 1. The van der Waals surface area contributed by atoms with Gasteiger partial charge in [0, 0.05) is 19.3 Å². The van der Waals surface area contributed by atoms with Crippen LogP contribution in [0, 0.1) is 0 Å². The molecule has 0 aromatic rings. The zero-order valence-electron chi connectivity index (χ0n) is 36.2. The van der Waals surface area contributed by atoms with Crippen molar-refractivity contribution in [3.8, 4) is 0 Å². The van der Waals surface area contributed by atoms with Crippen LogP contribution in [0.4, 0.5) is 0 Å². The second-order valence-electron chi connectivity index (χ2n) is 16.7. The van der Waals surface area contributed by atoms with Crippen LogP contribution in [-0.4, -0.2) is 80.6 Å². The third-order valence-corrected chi connectivity index (χ3v) is 10.4. The summed E-state index contributed by atoms with van der Waals surface area (Å²) in [5.74, 6) is -1.46. The number of hydrogen-bond donors (Lipinski definition) is 1. The number of carbonyl (C=O) groups is 3. The van der Waals surface area contributed by atoms with Crippen molar-refractivity contribution in [3.05, 3.63) is 12.2 Å². The summed E-state index contributed by atoms with van der Waals surface area (Å²) in [5, 5.41) is 9.61. The molecule has 2 unspecified atom stereocenters. The van der Waals surface area contributed by atoms with Gasteiger partial charge in [-0.15, -0.1) is 0 Å². The van der Waals surface area contributed by atoms with E-state index in [9.17, 15) is 19.5 Å². The summed E-state index contributed by atoms with van der Waals surface area (Å²) in [5.41, 5.74) is 0. The van der Waals surface area contributed by atoms with Gasteiger partial charge >= 0.3 is 17.9 Å². The first-order chi connectivity index (χ1) is 26.1. The summed E-state index contributed by atoms with van der Waals surface area (Å²) in [6.07, 6.45) is 39.6. The molecule has 8 heteroatoms. The van der Waals surface area contributed by atoms with E-state index in [2.05, 4.69) is 26.0 Å². The third-order valence-electron chi connectivity index (χ3n) is 10.4. The predicted octanol–water partition coefficient (Wildman–Crippen LogP) is 12.3. The van der Waals surface area contributed by atoms with Crippen molar-refractivity contribution in [2.45, 2.75) is 225 Å². The largest absolute Gasteiger partial charge is 0.477 e. The smallest absolute Gasteiger partial charge is 0.362 e. The molecule has 0 rings (SSSR count). The molecule has 0 aromatic heterocycles. The lowest BCUT2D eigenvalue weighted by atomic mass is 10.0. The number of quaternary nitrogens is 1. The Bertz CT molecular complexity index is 900. The molecule has 0 radical (unpaired) electrons. The highest BCUT2D eigenvalue weighted by atomic mass is 16.6. The standard InChI is InChI=1S/C46H87NO7/c1-6-8-10-12-14-16-18-20-21-22-23-25-26-28-30-32-34-36-44(48)53-41-42(40-52-39-38-43(46(50)51)47(3,4)5)54-45(49)37-35-33-31-29-27-24-19-17-15-13-11-9-7-2/h17,19,42-43H,6-16,18,20-41H2,1-5H3/p+1/b19-17-. The molecule has 2 atom stereocenters. The van der Waals surface area contributed by atoms with E-state index in [1.807, 2.05) is 21.1 Å². The molecule has 0 aliphatic heterocycles. The van der Waals surface area contributed by atoms with Gasteiger partial charge in [0.1, 0.15) is 6.61 Å². The van der Waals surface area contributed by atoms with E-state index in [0.717, 1.165) is 51.4 Å². The summed E-state index contributed by atoms with van der Waals surface area (Å²) in [6.45, 7) is 4.74. The molecule has 0 fully saturated rings. The van der Waals surface area contributed by atoms with Gasteiger partial charge in [-0.1, -0.05) is 167 Å². The first-order valence-corrected chi connectivity index (χ1v) is 22.7. The lowest BCUT2D eigenvalue weighted by Gasteiger charge is -2.31. The zero-order chi connectivity index (χ0) is 40.0. The Hall–Kier alpha value is -1.93. The van der Waals surface area contributed by atoms with Gasteiger partial charge in [0.15, 0.2) is 12.1 Å². The molecule has 0 aliphatic carbocycles. The number of rotatable bonds is 41. The molecular formula is C46H88NO7+. The van der Waals surface area contributed by atoms with Crippen molar-refractivity contribution in [3.63, 3.8) is 0 Å².